The Morgan fingerprint density at radius 2 is 1.15 bits per heavy atom. The fraction of sp³-hybridized carbons (Fsp3) is 0.571. The van der Waals surface area contributed by atoms with Gasteiger partial charge in [-0.05, 0) is 88.3 Å². The van der Waals surface area contributed by atoms with Crippen LogP contribution in [0.4, 0.5) is 10.5 Å². The van der Waals surface area contributed by atoms with Crippen molar-refractivity contribution >= 4 is 40.2 Å². The molecule has 2 aromatic carbocycles. The van der Waals surface area contributed by atoms with Crippen LogP contribution in [0.3, 0.4) is 0 Å². The van der Waals surface area contributed by atoms with Crippen LogP contribution in [0.15, 0.2) is 60.5 Å². The van der Waals surface area contributed by atoms with Gasteiger partial charge in [-0.25, -0.2) is 4.79 Å². The molecule has 0 bridgehead atoms. The lowest BCUT2D eigenvalue weighted by molar-refractivity contribution is 0.0729. The Kier molecular flexibility index (Phi) is 18.0. The summed E-state index contributed by atoms with van der Waals surface area (Å²) in [5.74, 6) is 0.972. The van der Waals surface area contributed by atoms with Crippen LogP contribution in [-0.2, 0) is 8.85 Å². The van der Waals surface area contributed by atoms with Crippen LogP contribution in [0.1, 0.15) is 108 Å². The first-order valence-corrected chi connectivity index (χ1v) is 28.4. The molecule has 2 aliphatic rings. The minimum absolute atomic E-state index is 0.0110. The Bertz CT molecular complexity index is 2090. The van der Waals surface area contributed by atoms with Crippen molar-refractivity contribution in [1.82, 2.24) is 15.1 Å². The monoisotopic (exact) mass is 937 g/mol. The normalized spacial score (nSPS) is 16.8. The SMILES string of the molecule is C=CCNC(=O)Oc1cc(OCCCCCOc2cc(N)c(C(=O)N3C=C(C)CC3CO[Si](C)(C)C(C)(C)C)cc2OC)c(OC)cc1C(=O)N1C=C(C)CC1CO[Si](C)(C)C(C)(C)C. The number of anilines is 1. The molecule has 4 rings (SSSR count). The second-order valence-electron chi connectivity index (χ2n) is 20.1. The molecule has 0 saturated heterocycles. The minimum atomic E-state index is -2.09. The Hall–Kier alpha value is -4.78. The van der Waals surface area contributed by atoms with Crippen molar-refractivity contribution in [1.29, 1.82) is 0 Å². The number of carbonyl (C=O) groups is 3. The number of rotatable bonds is 21. The highest BCUT2D eigenvalue weighted by molar-refractivity contribution is 6.74. The molecular formula is C49H76N4O10Si2. The zero-order chi connectivity index (χ0) is 48.5. The number of methoxy groups -OCH3 is 2. The molecule has 360 valence electrons. The van der Waals surface area contributed by atoms with E-state index in [0.29, 0.717) is 79.9 Å². The van der Waals surface area contributed by atoms with E-state index in [1.54, 1.807) is 28.0 Å². The van der Waals surface area contributed by atoms with E-state index in [2.05, 4.69) is 79.6 Å². The molecule has 3 amide bonds. The highest BCUT2D eigenvalue weighted by Crippen LogP contribution is 2.41. The Morgan fingerprint density at radius 3 is 1.60 bits per heavy atom. The van der Waals surface area contributed by atoms with Crippen molar-refractivity contribution in [2.75, 3.05) is 52.9 Å². The summed E-state index contributed by atoms with van der Waals surface area (Å²) in [5.41, 5.74) is 9.43. The number of hydrogen-bond donors (Lipinski definition) is 2. The van der Waals surface area contributed by atoms with Gasteiger partial charge in [0.2, 0.25) is 0 Å². The summed E-state index contributed by atoms with van der Waals surface area (Å²) in [6, 6.07) is 6.02. The van der Waals surface area contributed by atoms with Crippen LogP contribution in [0.25, 0.3) is 0 Å². The maximum Gasteiger partial charge on any atom is 0.412 e. The molecule has 2 atom stereocenters. The predicted octanol–water partition coefficient (Wildman–Crippen LogP) is 10.5. The van der Waals surface area contributed by atoms with Gasteiger partial charge in [0.25, 0.3) is 11.8 Å². The summed E-state index contributed by atoms with van der Waals surface area (Å²) < 4.78 is 42.4. The van der Waals surface area contributed by atoms with Crippen LogP contribution < -0.4 is 34.7 Å². The summed E-state index contributed by atoms with van der Waals surface area (Å²) in [6.45, 7) is 31.3. The smallest absolute Gasteiger partial charge is 0.412 e. The Balaban J connectivity index is 1.39. The van der Waals surface area contributed by atoms with Crippen molar-refractivity contribution in [3.05, 3.63) is 71.6 Å². The molecule has 0 aromatic heterocycles. The molecule has 0 saturated carbocycles. The van der Waals surface area contributed by atoms with Crippen LogP contribution in [-0.4, -0.2) is 104 Å². The van der Waals surface area contributed by atoms with E-state index >= 15 is 0 Å². The maximum absolute atomic E-state index is 14.3. The van der Waals surface area contributed by atoms with E-state index in [1.807, 2.05) is 26.2 Å². The van der Waals surface area contributed by atoms with Gasteiger partial charge in [0.1, 0.15) is 5.75 Å². The second kappa shape index (κ2) is 22.1. The van der Waals surface area contributed by atoms with Crippen molar-refractivity contribution in [3.63, 3.8) is 0 Å². The van der Waals surface area contributed by atoms with E-state index < -0.39 is 22.7 Å². The fourth-order valence-electron chi connectivity index (χ4n) is 6.91. The molecule has 0 radical (unpaired) electrons. The average molecular weight is 937 g/mol. The molecule has 0 spiro atoms. The summed E-state index contributed by atoms with van der Waals surface area (Å²) in [7, 11) is -1.07. The third kappa shape index (κ3) is 13.6. The minimum Gasteiger partial charge on any atom is -0.493 e. The summed E-state index contributed by atoms with van der Waals surface area (Å²) in [4.78, 5) is 44.5. The molecule has 65 heavy (non-hydrogen) atoms. The first-order valence-electron chi connectivity index (χ1n) is 22.6. The number of unbranched alkanes of at least 4 members (excludes halogenated alkanes) is 2. The summed E-state index contributed by atoms with van der Waals surface area (Å²) in [5, 5.41) is 2.67. The van der Waals surface area contributed by atoms with Crippen LogP contribution in [0.2, 0.25) is 36.3 Å². The van der Waals surface area contributed by atoms with Gasteiger partial charge in [-0.1, -0.05) is 58.8 Å². The third-order valence-corrected chi connectivity index (χ3v) is 21.9. The predicted molar refractivity (Wildman–Crippen MR) is 262 cm³/mol. The summed E-state index contributed by atoms with van der Waals surface area (Å²) >= 11 is 0. The summed E-state index contributed by atoms with van der Waals surface area (Å²) in [6.07, 6.45) is 8.02. The molecule has 2 unspecified atom stereocenters. The molecule has 16 heteroatoms. The number of benzene rings is 2. The fourth-order valence-corrected chi connectivity index (χ4v) is 9.00. The second-order valence-corrected chi connectivity index (χ2v) is 29.8. The largest absolute Gasteiger partial charge is 0.493 e. The number of nitrogens with zero attached hydrogens (tertiary/aromatic N) is 2. The standard InChI is InChI=1S/C49H76N4O10Si2/c1-16-20-51-47(56)63-40-28-44(42(58-11)26-38(40)46(55)53-30-34(3)24-36(53)32-62-65(14,15)49(7,8)9)60-22-19-17-18-21-59-43-27-39(50)37(25-41(43)57-10)45(54)52-29-33(2)23-35(52)31-61-64(12,13)48(4,5)6/h16,25-30,35-36H,1,17-24,31-32,50H2,2-15H3,(H,51,56). The van der Waals surface area contributed by atoms with Gasteiger partial charge >= 0.3 is 6.09 Å². The number of carbonyl (C=O) groups excluding carboxylic acids is 3. The number of nitrogens with one attached hydrogen (secondary N) is 1. The number of hydrogen-bond acceptors (Lipinski definition) is 11. The van der Waals surface area contributed by atoms with Crippen molar-refractivity contribution in [2.45, 2.75) is 136 Å². The highest BCUT2D eigenvalue weighted by Gasteiger charge is 2.41. The molecule has 0 fully saturated rings. The Labute approximate surface area is 390 Å². The van der Waals surface area contributed by atoms with Gasteiger partial charge in [0.05, 0.1) is 63.9 Å². The van der Waals surface area contributed by atoms with E-state index in [9.17, 15) is 14.4 Å². The number of ether oxygens (including phenoxy) is 5. The first kappa shape index (κ1) is 52.8. The maximum atomic E-state index is 14.3. The molecule has 2 aromatic rings. The van der Waals surface area contributed by atoms with Crippen LogP contribution in [0.5, 0.6) is 28.7 Å². The van der Waals surface area contributed by atoms with E-state index in [4.69, 9.17) is 38.3 Å². The van der Waals surface area contributed by atoms with Gasteiger partial charge in [-0.3, -0.25) is 9.59 Å². The third-order valence-electron chi connectivity index (χ3n) is 12.9. The molecule has 2 heterocycles. The highest BCUT2D eigenvalue weighted by atomic mass is 28.4. The lowest BCUT2D eigenvalue weighted by Gasteiger charge is -2.38. The first-order chi connectivity index (χ1) is 30.3. The van der Waals surface area contributed by atoms with Gasteiger partial charge in [-0.2, -0.15) is 0 Å². The lowest BCUT2D eigenvalue weighted by atomic mass is 10.1. The van der Waals surface area contributed by atoms with Gasteiger partial charge in [-0.15, -0.1) is 6.58 Å². The quantitative estimate of drug-likeness (QED) is 0.0531. The van der Waals surface area contributed by atoms with Crippen molar-refractivity contribution < 1.29 is 46.9 Å². The molecular weight excluding hydrogens is 861 g/mol. The number of nitrogens with two attached hydrogens (primary N) is 1. The zero-order valence-corrected chi connectivity index (χ0v) is 43.5. The molecule has 0 aliphatic carbocycles. The van der Waals surface area contributed by atoms with E-state index in [1.165, 1.54) is 26.4 Å². The van der Waals surface area contributed by atoms with E-state index in [-0.39, 0.29) is 51.8 Å². The van der Waals surface area contributed by atoms with Crippen molar-refractivity contribution in [2.24, 2.45) is 0 Å². The molecule has 14 nitrogen and oxygen atoms in total. The van der Waals surface area contributed by atoms with Gasteiger partial charge in [0, 0.05) is 42.8 Å². The molecule has 2 aliphatic heterocycles. The van der Waals surface area contributed by atoms with Gasteiger partial charge < -0.3 is 53.4 Å². The van der Waals surface area contributed by atoms with Crippen LogP contribution >= 0.6 is 0 Å². The van der Waals surface area contributed by atoms with Gasteiger partial charge in [0.15, 0.2) is 39.6 Å². The topological polar surface area (TPSA) is 160 Å². The van der Waals surface area contributed by atoms with E-state index in [0.717, 1.165) is 24.0 Å². The zero-order valence-electron chi connectivity index (χ0n) is 41.5. The lowest BCUT2D eigenvalue weighted by Crippen LogP contribution is -2.45. The Morgan fingerprint density at radius 1 is 0.708 bits per heavy atom. The number of amides is 3. The average Bonchev–Trinajstić information content (AvgIpc) is 3.80. The molecule has 3 N–H and O–H groups in total. The number of nitrogen functional groups attached to an aromatic ring is 1. The van der Waals surface area contributed by atoms with Crippen molar-refractivity contribution in [3.8, 4) is 28.7 Å². The van der Waals surface area contributed by atoms with Crippen LogP contribution in [0, 0.1) is 0 Å².